The number of hydrogen-bond acceptors (Lipinski definition) is 6. The van der Waals surface area contributed by atoms with E-state index >= 15 is 0 Å². The Morgan fingerprint density at radius 2 is 1.71 bits per heavy atom. The topological polar surface area (TPSA) is 88.9 Å². The van der Waals surface area contributed by atoms with Crippen molar-refractivity contribution in [2.45, 2.75) is 98.7 Å². The highest BCUT2D eigenvalue weighted by Crippen LogP contribution is 2.31. The van der Waals surface area contributed by atoms with E-state index in [1.54, 1.807) is 4.90 Å². The van der Waals surface area contributed by atoms with Crippen LogP contribution < -0.4 is 5.32 Å². The third kappa shape index (κ3) is 8.81. The number of hydrogen-bond donors (Lipinski definition) is 1. The number of nitrogens with one attached hydrogen (secondary N) is 1. The number of nitrogens with zero attached hydrogens (tertiary/aromatic N) is 4. The van der Waals surface area contributed by atoms with E-state index in [1.165, 1.54) is 0 Å². The molecule has 1 aromatic heterocycles. The fourth-order valence-corrected chi connectivity index (χ4v) is 5.97. The van der Waals surface area contributed by atoms with Crippen molar-refractivity contribution in [2.75, 3.05) is 11.9 Å². The molecule has 1 aliphatic rings. The average Bonchev–Trinajstić information content (AvgIpc) is 3.63. The highest BCUT2D eigenvalue weighted by atomic mass is 35.5. The summed E-state index contributed by atoms with van der Waals surface area (Å²) in [4.78, 5) is 35.3. The van der Waals surface area contributed by atoms with Crippen molar-refractivity contribution in [1.82, 2.24) is 19.4 Å². The van der Waals surface area contributed by atoms with Crippen LogP contribution in [-0.2, 0) is 29.2 Å². The molecule has 5 rings (SSSR count). The first-order chi connectivity index (χ1) is 22.7. The van der Waals surface area contributed by atoms with Gasteiger partial charge in [-0.3, -0.25) is 0 Å². The van der Waals surface area contributed by atoms with Crippen molar-refractivity contribution >= 4 is 46.5 Å². The number of fused-ring (bicyclic) bond motifs is 1. The van der Waals surface area contributed by atoms with Gasteiger partial charge in [0.05, 0.1) is 17.1 Å². The van der Waals surface area contributed by atoms with E-state index in [1.807, 2.05) is 98.5 Å². The normalized spacial score (nSPS) is 15.8. The number of amides is 2. The second-order valence-electron chi connectivity index (χ2n) is 14.7. The lowest BCUT2D eigenvalue weighted by molar-refractivity contribution is 0.0215. The lowest BCUT2D eigenvalue weighted by atomic mass is 9.87. The molecule has 1 aliphatic heterocycles. The first-order valence-corrected chi connectivity index (χ1v) is 17.0. The van der Waals surface area contributed by atoms with Crippen LogP contribution in [0.3, 0.4) is 0 Å². The van der Waals surface area contributed by atoms with Gasteiger partial charge in [0.25, 0.3) is 0 Å². The molecule has 2 amide bonds. The molecule has 48 heavy (non-hydrogen) atoms. The Morgan fingerprint density at radius 1 is 1.00 bits per heavy atom. The van der Waals surface area contributed by atoms with Crippen molar-refractivity contribution in [3.63, 3.8) is 0 Å². The highest BCUT2D eigenvalue weighted by Gasteiger charge is 2.34. The summed E-state index contributed by atoms with van der Waals surface area (Å²) < 4.78 is 13.7. The van der Waals surface area contributed by atoms with Gasteiger partial charge in [0.15, 0.2) is 0 Å². The number of anilines is 2. The van der Waals surface area contributed by atoms with Crippen LogP contribution in [0.15, 0.2) is 72.8 Å². The molecule has 0 bridgehead atoms. The first kappa shape index (κ1) is 35.1. The zero-order chi connectivity index (χ0) is 34.6. The van der Waals surface area contributed by atoms with Crippen LogP contribution in [0.2, 0.25) is 5.02 Å². The standard InChI is InChI=1S/C38H48ClN5O4/c1-26(37(2,3)4)43(35(45)47-25-27-12-9-8-10-13-27)23-28-15-20-33-32(22-28)41-34(40-30-18-16-29(39)17-19-30)44(33)24-31-14-11-21-42(31)36(46)48-38(5,6)7/h8-10,12-13,15-20,22,26,31H,11,14,21,23-25H2,1-7H3,(H,40,41)/t26-,31?/m0/s1. The summed E-state index contributed by atoms with van der Waals surface area (Å²) in [6.07, 6.45) is 1.11. The monoisotopic (exact) mass is 673 g/mol. The summed E-state index contributed by atoms with van der Waals surface area (Å²) in [6, 6.07) is 23.2. The lowest BCUT2D eigenvalue weighted by Crippen LogP contribution is -2.45. The van der Waals surface area contributed by atoms with Crippen LogP contribution >= 0.6 is 11.6 Å². The smallest absolute Gasteiger partial charge is 0.410 e. The molecule has 4 aromatic rings. The predicted octanol–water partition coefficient (Wildman–Crippen LogP) is 9.41. The zero-order valence-corrected chi connectivity index (χ0v) is 29.9. The largest absolute Gasteiger partial charge is 0.445 e. The molecule has 10 heteroatoms. The van der Waals surface area contributed by atoms with Gasteiger partial charge in [-0.25, -0.2) is 14.6 Å². The minimum atomic E-state index is -0.573. The third-order valence-electron chi connectivity index (χ3n) is 8.82. The summed E-state index contributed by atoms with van der Waals surface area (Å²) in [6.45, 7) is 15.9. The summed E-state index contributed by atoms with van der Waals surface area (Å²) in [5.41, 5.74) is 3.69. The highest BCUT2D eigenvalue weighted by molar-refractivity contribution is 6.30. The number of benzene rings is 3. The molecule has 0 aliphatic carbocycles. The van der Waals surface area contributed by atoms with Crippen molar-refractivity contribution in [2.24, 2.45) is 5.41 Å². The van der Waals surface area contributed by atoms with Gasteiger partial charge in [-0.15, -0.1) is 0 Å². The maximum Gasteiger partial charge on any atom is 0.410 e. The lowest BCUT2D eigenvalue weighted by Gasteiger charge is -2.37. The minimum Gasteiger partial charge on any atom is -0.445 e. The van der Waals surface area contributed by atoms with Crippen LogP contribution in [-0.4, -0.2) is 55.8 Å². The van der Waals surface area contributed by atoms with Crippen molar-refractivity contribution in [3.05, 3.63) is 88.9 Å². The number of carbonyl (C=O) groups excluding carboxylic acids is 2. The summed E-state index contributed by atoms with van der Waals surface area (Å²) in [5.74, 6) is 0.655. The fourth-order valence-electron chi connectivity index (χ4n) is 5.84. The molecular formula is C38H48ClN5O4. The molecule has 1 N–H and O–H groups in total. The number of rotatable bonds is 9. The quantitative estimate of drug-likeness (QED) is 0.190. The van der Waals surface area contributed by atoms with Crippen LogP contribution in [0.4, 0.5) is 21.2 Å². The van der Waals surface area contributed by atoms with Gasteiger partial charge in [0.1, 0.15) is 12.2 Å². The van der Waals surface area contributed by atoms with Crippen molar-refractivity contribution in [3.8, 4) is 0 Å². The van der Waals surface area contributed by atoms with Gasteiger partial charge < -0.3 is 29.2 Å². The van der Waals surface area contributed by atoms with E-state index in [0.29, 0.717) is 30.6 Å². The van der Waals surface area contributed by atoms with Crippen LogP contribution in [0.25, 0.3) is 11.0 Å². The predicted molar refractivity (Wildman–Crippen MR) is 192 cm³/mol. The zero-order valence-electron chi connectivity index (χ0n) is 29.1. The van der Waals surface area contributed by atoms with Crippen molar-refractivity contribution in [1.29, 1.82) is 0 Å². The molecule has 9 nitrogen and oxygen atoms in total. The molecule has 2 heterocycles. The summed E-state index contributed by atoms with van der Waals surface area (Å²) in [7, 11) is 0. The van der Waals surface area contributed by atoms with Gasteiger partial charge in [0, 0.05) is 36.4 Å². The van der Waals surface area contributed by atoms with Crippen molar-refractivity contribution < 1.29 is 19.1 Å². The fraction of sp³-hybridized carbons (Fsp3) is 0.447. The molecule has 3 aromatic carbocycles. The van der Waals surface area contributed by atoms with Crippen LogP contribution in [0, 0.1) is 5.41 Å². The molecule has 0 radical (unpaired) electrons. The van der Waals surface area contributed by atoms with Crippen LogP contribution in [0.5, 0.6) is 0 Å². The molecule has 1 saturated heterocycles. The van der Waals surface area contributed by atoms with Gasteiger partial charge in [-0.1, -0.05) is 68.8 Å². The number of carbonyl (C=O) groups is 2. The maximum absolute atomic E-state index is 13.5. The number of ether oxygens (including phenoxy) is 2. The number of imidazole rings is 1. The van der Waals surface area contributed by atoms with Gasteiger partial charge in [-0.05, 0) is 93.5 Å². The van der Waals surface area contributed by atoms with E-state index in [2.05, 4.69) is 37.6 Å². The van der Waals surface area contributed by atoms with Gasteiger partial charge in [-0.2, -0.15) is 0 Å². The third-order valence-corrected chi connectivity index (χ3v) is 9.08. The van der Waals surface area contributed by atoms with E-state index in [-0.39, 0.29) is 36.3 Å². The Kier molecular flexibility index (Phi) is 10.6. The van der Waals surface area contributed by atoms with E-state index < -0.39 is 5.60 Å². The Morgan fingerprint density at radius 3 is 2.38 bits per heavy atom. The Hall–Kier alpha value is -4.24. The maximum atomic E-state index is 13.5. The van der Waals surface area contributed by atoms with E-state index in [9.17, 15) is 9.59 Å². The van der Waals surface area contributed by atoms with Gasteiger partial charge >= 0.3 is 12.2 Å². The molecule has 256 valence electrons. The first-order valence-electron chi connectivity index (χ1n) is 16.7. The number of halogens is 1. The molecule has 1 unspecified atom stereocenters. The molecule has 2 atom stereocenters. The second kappa shape index (κ2) is 14.5. The Balaban J connectivity index is 1.45. The van der Waals surface area contributed by atoms with E-state index in [0.717, 1.165) is 40.7 Å². The molecule has 1 fully saturated rings. The second-order valence-corrected chi connectivity index (χ2v) is 15.1. The SMILES string of the molecule is C[C@H](N(Cc1ccc2c(c1)nc(Nc1ccc(Cl)cc1)n2CC1CCCN1C(=O)OC(C)(C)C)C(=O)OCc1ccccc1)C(C)(C)C. The Labute approximate surface area is 289 Å². The summed E-state index contributed by atoms with van der Waals surface area (Å²) in [5, 5.41) is 4.12. The van der Waals surface area contributed by atoms with Gasteiger partial charge in [0.2, 0.25) is 5.95 Å². The molecular weight excluding hydrogens is 626 g/mol. The van der Waals surface area contributed by atoms with E-state index in [4.69, 9.17) is 26.1 Å². The number of likely N-dealkylation sites (tertiary alicyclic amines) is 1. The van der Waals surface area contributed by atoms with Crippen LogP contribution in [0.1, 0.15) is 72.4 Å². The Bertz CT molecular complexity index is 1710. The summed E-state index contributed by atoms with van der Waals surface area (Å²) >= 11 is 6.16. The molecule has 0 spiro atoms. The average molecular weight is 674 g/mol. The minimum absolute atomic E-state index is 0.0507. The number of aromatic nitrogens is 2. The molecule has 0 saturated carbocycles.